The number of benzene rings is 1. The highest BCUT2D eigenvalue weighted by atomic mass is 79.9. The number of unbranched alkanes of at least 4 members (excludes halogenated alkanes) is 1. The highest BCUT2D eigenvalue weighted by Crippen LogP contribution is 2.36. The van der Waals surface area contributed by atoms with E-state index in [0.717, 1.165) is 38.6 Å². The van der Waals surface area contributed by atoms with Crippen LogP contribution in [0.4, 0.5) is 5.88 Å². The average molecular weight is 556 g/mol. The molecule has 0 saturated heterocycles. The first kappa shape index (κ1) is 21.4. The Bertz CT molecular complexity index is 754. The first-order valence-electron chi connectivity index (χ1n) is 8.00. The van der Waals surface area contributed by atoms with Gasteiger partial charge in [0.05, 0.1) is 42.3 Å². The second-order valence-corrected chi connectivity index (χ2v) is 9.19. The predicted molar refractivity (Wildman–Crippen MR) is 110 cm³/mol. The van der Waals surface area contributed by atoms with Gasteiger partial charge in [0.2, 0.25) is 0 Å². The summed E-state index contributed by atoms with van der Waals surface area (Å²) in [6.07, 6.45) is 1.89. The van der Waals surface area contributed by atoms with Gasteiger partial charge in [0.25, 0.3) is 0 Å². The van der Waals surface area contributed by atoms with E-state index in [-0.39, 0.29) is 5.88 Å². The first-order chi connectivity index (χ1) is 12.2. The summed E-state index contributed by atoms with van der Waals surface area (Å²) in [4.78, 5) is 10.2. The Labute approximate surface area is 177 Å². The third kappa shape index (κ3) is 6.37. The summed E-state index contributed by atoms with van der Waals surface area (Å²) in [6, 6.07) is 6.96. The molecule has 0 N–H and O–H groups in total. The van der Waals surface area contributed by atoms with Gasteiger partial charge in [-0.05, 0) is 62.9 Å². The second-order valence-electron chi connectivity index (χ2n) is 6.57. The molecule has 2 aromatic rings. The van der Waals surface area contributed by atoms with Gasteiger partial charge in [0.15, 0.2) is 5.76 Å². The van der Waals surface area contributed by atoms with E-state index in [1.807, 2.05) is 12.1 Å². The van der Waals surface area contributed by atoms with Gasteiger partial charge in [-0.25, -0.2) is 0 Å². The van der Waals surface area contributed by atoms with Crippen LogP contribution in [0.25, 0.3) is 0 Å². The lowest BCUT2D eigenvalue weighted by atomic mass is 10.2. The maximum atomic E-state index is 10.7. The van der Waals surface area contributed by atoms with E-state index in [1.165, 1.54) is 6.07 Å². The molecule has 0 radical (unpaired) electrons. The lowest BCUT2D eigenvalue weighted by molar-refractivity contribution is -0.904. The van der Waals surface area contributed by atoms with Gasteiger partial charge in [-0.2, -0.15) is 0 Å². The Balaban J connectivity index is 1.77. The van der Waals surface area contributed by atoms with E-state index in [9.17, 15) is 10.1 Å². The Morgan fingerprint density at radius 2 is 1.81 bits per heavy atom. The monoisotopic (exact) mass is 553 g/mol. The van der Waals surface area contributed by atoms with Crippen LogP contribution in [0.3, 0.4) is 0 Å². The van der Waals surface area contributed by atoms with Crippen LogP contribution in [0.5, 0.6) is 5.75 Å². The van der Waals surface area contributed by atoms with Crippen LogP contribution in [0, 0.1) is 10.1 Å². The summed E-state index contributed by atoms with van der Waals surface area (Å²) in [7, 11) is 4.16. The normalized spacial score (nSPS) is 11.6. The SMILES string of the molecule is C[N+](C)(CCCCOc1c(Br)cc(Br)cc1Br)Cc1ccc([N+](=O)[O-])o1. The van der Waals surface area contributed by atoms with E-state index in [4.69, 9.17) is 9.15 Å². The van der Waals surface area contributed by atoms with Crippen molar-refractivity contribution < 1.29 is 18.6 Å². The van der Waals surface area contributed by atoms with E-state index in [1.54, 1.807) is 6.07 Å². The Kier molecular flexibility index (Phi) is 7.69. The van der Waals surface area contributed by atoms with Crippen molar-refractivity contribution in [3.05, 3.63) is 53.6 Å². The number of hydrogen-bond acceptors (Lipinski definition) is 4. The van der Waals surface area contributed by atoms with Crippen molar-refractivity contribution in [2.45, 2.75) is 19.4 Å². The zero-order chi connectivity index (χ0) is 19.3. The molecule has 0 aliphatic carbocycles. The van der Waals surface area contributed by atoms with E-state index < -0.39 is 4.92 Å². The van der Waals surface area contributed by atoms with Gasteiger partial charge in [-0.1, -0.05) is 15.9 Å². The molecule has 142 valence electrons. The van der Waals surface area contributed by atoms with Gasteiger partial charge >= 0.3 is 5.88 Å². The molecule has 0 bridgehead atoms. The third-order valence-electron chi connectivity index (χ3n) is 3.78. The van der Waals surface area contributed by atoms with Gasteiger partial charge < -0.3 is 13.6 Å². The summed E-state index contributed by atoms with van der Waals surface area (Å²) >= 11 is 10.4. The van der Waals surface area contributed by atoms with Crippen LogP contribution in [-0.2, 0) is 6.54 Å². The molecule has 0 spiro atoms. The molecule has 0 saturated carbocycles. The Morgan fingerprint density at radius 1 is 1.15 bits per heavy atom. The fraction of sp³-hybridized carbons (Fsp3) is 0.412. The maximum Gasteiger partial charge on any atom is 0.433 e. The topological polar surface area (TPSA) is 65.5 Å². The number of ether oxygens (including phenoxy) is 1. The van der Waals surface area contributed by atoms with Crippen molar-refractivity contribution >= 4 is 53.7 Å². The quantitative estimate of drug-likeness (QED) is 0.167. The molecule has 0 aliphatic rings. The number of hydrogen-bond donors (Lipinski definition) is 0. The fourth-order valence-electron chi connectivity index (χ4n) is 2.53. The number of nitro groups is 1. The average Bonchev–Trinajstić information content (AvgIpc) is 2.97. The molecule has 2 rings (SSSR count). The van der Waals surface area contributed by atoms with Crippen molar-refractivity contribution in [1.29, 1.82) is 0 Å². The number of halogens is 3. The van der Waals surface area contributed by atoms with E-state index in [2.05, 4.69) is 61.9 Å². The minimum absolute atomic E-state index is 0.209. The molecule has 0 atom stereocenters. The molecule has 1 heterocycles. The van der Waals surface area contributed by atoms with Crippen LogP contribution in [0.2, 0.25) is 0 Å². The number of nitrogens with zero attached hydrogens (tertiary/aromatic N) is 2. The van der Waals surface area contributed by atoms with E-state index >= 15 is 0 Å². The van der Waals surface area contributed by atoms with Crippen LogP contribution in [-0.4, -0.2) is 36.7 Å². The van der Waals surface area contributed by atoms with Gasteiger partial charge in [-0.15, -0.1) is 0 Å². The lowest BCUT2D eigenvalue weighted by Crippen LogP contribution is -2.39. The molecule has 26 heavy (non-hydrogen) atoms. The van der Waals surface area contributed by atoms with Crippen LogP contribution >= 0.6 is 47.8 Å². The number of furan rings is 1. The molecule has 1 aromatic heterocycles. The minimum Gasteiger partial charge on any atom is -0.491 e. The summed E-state index contributed by atoms with van der Waals surface area (Å²) in [5.74, 6) is 1.21. The minimum atomic E-state index is -0.515. The summed E-state index contributed by atoms with van der Waals surface area (Å²) < 4.78 is 14.6. The van der Waals surface area contributed by atoms with Gasteiger partial charge in [0.1, 0.15) is 17.2 Å². The highest BCUT2D eigenvalue weighted by Gasteiger charge is 2.20. The lowest BCUT2D eigenvalue weighted by Gasteiger charge is -2.28. The van der Waals surface area contributed by atoms with Crippen molar-refractivity contribution in [2.75, 3.05) is 27.2 Å². The van der Waals surface area contributed by atoms with Gasteiger partial charge in [-0.3, -0.25) is 10.1 Å². The van der Waals surface area contributed by atoms with Crippen molar-refractivity contribution in [1.82, 2.24) is 0 Å². The summed E-state index contributed by atoms with van der Waals surface area (Å²) in [6.45, 7) is 2.14. The molecular formula is C17H20Br3N2O4+. The first-order valence-corrected chi connectivity index (χ1v) is 10.4. The Morgan fingerprint density at radius 3 is 2.38 bits per heavy atom. The molecule has 6 nitrogen and oxygen atoms in total. The molecule has 1 aromatic carbocycles. The molecule has 9 heteroatoms. The highest BCUT2D eigenvalue weighted by molar-refractivity contribution is 9.11. The standard InChI is InChI=1S/C17H20Br3N2O4/c1-22(2,11-13-5-6-16(26-13)21(23)24)7-3-4-8-25-17-14(19)9-12(18)10-15(17)20/h5-6,9-10H,3-4,7-8,11H2,1-2H3/q+1. The summed E-state index contributed by atoms with van der Waals surface area (Å²) in [5, 5.41) is 10.7. The predicted octanol–water partition coefficient (Wildman–Crippen LogP) is 5.91. The smallest absolute Gasteiger partial charge is 0.433 e. The Hall–Kier alpha value is -0.900. The third-order valence-corrected chi connectivity index (χ3v) is 5.41. The fourth-order valence-corrected chi connectivity index (χ4v) is 5.02. The summed E-state index contributed by atoms with van der Waals surface area (Å²) in [5.41, 5.74) is 0. The van der Waals surface area contributed by atoms with Crippen LogP contribution in [0.1, 0.15) is 18.6 Å². The number of quaternary nitrogens is 1. The molecule has 0 amide bonds. The molecular weight excluding hydrogens is 536 g/mol. The van der Waals surface area contributed by atoms with Crippen LogP contribution in [0.15, 0.2) is 42.1 Å². The van der Waals surface area contributed by atoms with Crippen molar-refractivity contribution in [2.24, 2.45) is 0 Å². The zero-order valence-electron chi connectivity index (χ0n) is 14.5. The maximum absolute atomic E-state index is 10.7. The van der Waals surface area contributed by atoms with Crippen molar-refractivity contribution in [3.63, 3.8) is 0 Å². The zero-order valence-corrected chi connectivity index (χ0v) is 19.3. The van der Waals surface area contributed by atoms with E-state index in [0.29, 0.717) is 23.4 Å². The number of rotatable bonds is 9. The van der Waals surface area contributed by atoms with Crippen molar-refractivity contribution in [3.8, 4) is 5.75 Å². The second kappa shape index (κ2) is 9.34. The molecule has 0 aliphatic heterocycles. The molecule has 0 unspecified atom stereocenters. The van der Waals surface area contributed by atoms with Crippen LogP contribution < -0.4 is 4.74 Å². The largest absolute Gasteiger partial charge is 0.491 e. The van der Waals surface area contributed by atoms with Gasteiger partial charge in [0, 0.05) is 4.47 Å². The molecule has 0 fully saturated rings.